The third kappa shape index (κ3) is 2.87. The first kappa shape index (κ1) is 18.9. The molecule has 4 rings (SSSR count). The van der Waals surface area contributed by atoms with E-state index in [9.17, 15) is 15.3 Å². The second kappa shape index (κ2) is 7.17. The predicted octanol–water partition coefficient (Wildman–Crippen LogP) is -1.36. The summed E-state index contributed by atoms with van der Waals surface area (Å²) in [6.07, 6.45) is -2.97. The zero-order valence-corrected chi connectivity index (χ0v) is 15.8. The number of hydrogen-bond acceptors (Lipinski definition) is 8. The fraction of sp³-hybridized carbons (Fsp3) is 0.474. The van der Waals surface area contributed by atoms with Gasteiger partial charge in [0.2, 0.25) is 0 Å². The molecule has 2 aliphatic rings. The number of nitrogens with two attached hydrogens (primary N) is 1. The van der Waals surface area contributed by atoms with Crippen LogP contribution >= 0.6 is 0 Å². The minimum Gasteiger partial charge on any atom is -0.394 e. The van der Waals surface area contributed by atoms with Crippen LogP contribution in [0.2, 0.25) is 0 Å². The van der Waals surface area contributed by atoms with E-state index in [0.29, 0.717) is 16.7 Å². The quantitative estimate of drug-likeness (QED) is 0.510. The molecule has 0 saturated carbocycles. The van der Waals surface area contributed by atoms with Crippen LogP contribution in [0.3, 0.4) is 0 Å². The van der Waals surface area contributed by atoms with E-state index in [4.69, 9.17) is 15.5 Å². The van der Waals surface area contributed by atoms with Crippen LogP contribution in [0.5, 0.6) is 0 Å². The van der Waals surface area contributed by atoms with Gasteiger partial charge in [-0.1, -0.05) is 32.0 Å². The van der Waals surface area contributed by atoms with Gasteiger partial charge in [-0.3, -0.25) is 4.57 Å². The molecule has 0 amide bonds. The van der Waals surface area contributed by atoms with Crippen LogP contribution in [0, 0.1) is 5.92 Å². The van der Waals surface area contributed by atoms with Gasteiger partial charge < -0.3 is 30.7 Å². The number of aliphatic hydroxyl groups excluding tert-OH is 3. The van der Waals surface area contributed by atoms with Gasteiger partial charge in [-0.05, 0) is 18.1 Å². The second-order valence-corrected chi connectivity index (χ2v) is 7.43. The molecule has 1 aromatic carbocycles. The average Bonchev–Trinajstić information content (AvgIpc) is 3.24. The summed E-state index contributed by atoms with van der Waals surface area (Å²) in [6.45, 7) is 3.71. The van der Waals surface area contributed by atoms with Crippen molar-refractivity contribution in [2.24, 2.45) is 16.6 Å². The first-order valence-corrected chi connectivity index (χ1v) is 9.31. The van der Waals surface area contributed by atoms with Gasteiger partial charge in [-0.2, -0.15) is 0 Å². The molecule has 9 nitrogen and oxygen atoms in total. The number of hydrogen-bond donors (Lipinski definition) is 4. The van der Waals surface area contributed by atoms with Crippen molar-refractivity contribution < 1.29 is 20.1 Å². The normalized spacial score (nSPS) is 29.9. The highest BCUT2D eigenvalue weighted by atomic mass is 16.6. The number of benzene rings is 1. The van der Waals surface area contributed by atoms with Gasteiger partial charge in [0.15, 0.2) is 11.7 Å². The second-order valence-electron chi connectivity index (χ2n) is 7.43. The van der Waals surface area contributed by atoms with Crippen molar-refractivity contribution in [1.29, 1.82) is 0 Å². The van der Waals surface area contributed by atoms with Crippen molar-refractivity contribution in [3.8, 4) is 0 Å². The molecule has 0 spiro atoms. The monoisotopic (exact) mass is 387 g/mol. The number of ether oxygens (including phenoxy) is 1. The van der Waals surface area contributed by atoms with E-state index < -0.39 is 31.1 Å². The van der Waals surface area contributed by atoms with E-state index in [2.05, 4.69) is 18.8 Å². The molecule has 0 bridgehead atoms. The fourth-order valence-electron chi connectivity index (χ4n) is 3.73. The molecular formula is C19H25N5O4. The zero-order chi connectivity index (χ0) is 20.0. The average molecular weight is 387 g/mol. The molecule has 5 N–H and O–H groups in total. The Morgan fingerprint density at radius 3 is 2.50 bits per heavy atom. The molecule has 1 aromatic heterocycles. The van der Waals surface area contributed by atoms with E-state index in [1.54, 1.807) is 4.57 Å². The van der Waals surface area contributed by atoms with E-state index in [1.807, 2.05) is 35.2 Å². The number of nitrogens with zero attached hydrogens (tertiary/aromatic N) is 4. The maximum absolute atomic E-state index is 10.4. The lowest BCUT2D eigenvalue weighted by Crippen LogP contribution is -2.52. The van der Waals surface area contributed by atoms with Crippen molar-refractivity contribution in [3.05, 3.63) is 47.5 Å². The Labute approximate surface area is 162 Å². The first-order chi connectivity index (χ1) is 13.4. The minimum absolute atomic E-state index is 0.139. The summed E-state index contributed by atoms with van der Waals surface area (Å²) in [5.41, 5.74) is 7.89. The van der Waals surface area contributed by atoms with Gasteiger partial charge in [0, 0.05) is 5.69 Å². The van der Waals surface area contributed by atoms with Crippen molar-refractivity contribution >= 4 is 11.5 Å². The summed E-state index contributed by atoms with van der Waals surface area (Å²) in [7, 11) is 0. The summed E-state index contributed by atoms with van der Waals surface area (Å²) < 4.78 is 7.21. The third-order valence-corrected chi connectivity index (χ3v) is 5.21. The lowest BCUT2D eigenvalue weighted by Gasteiger charge is -2.35. The molecule has 3 heterocycles. The Morgan fingerprint density at radius 1 is 1.18 bits per heavy atom. The zero-order valence-electron chi connectivity index (χ0n) is 15.8. The Kier molecular flexibility index (Phi) is 4.84. The molecule has 2 aliphatic heterocycles. The lowest BCUT2D eigenvalue weighted by atomic mass is 10.1. The van der Waals surface area contributed by atoms with Gasteiger partial charge in [0.05, 0.1) is 12.9 Å². The summed E-state index contributed by atoms with van der Waals surface area (Å²) in [5, 5.41) is 30.3. The van der Waals surface area contributed by atoms with Crippen molar-refractivity contribution in [3.63, 3.8) is 0 Å². The highest BCUT2D eigenvalue weighted by Gasteiger charge is 2.44. The Balaban J connectivity index is 1.84. The molecule has 0 radical (unpaired) electrons. The minimum atomic E-state index is -1.21. The van der Waals surface area contributed by atoms with Crippen LogP contribution in [0.1, 0.15) is 20.1 Å². The Morgan fingerprint density at radius 2 is 1.89 bits per heavy atom. The molecule has 1 saturated heterocycles. The van der Waals surface area contributed by atoms with E-state index in [0.717, 1.165) is 5.69 Å². The van der Waals surface area contributed by atoms with E-state index in [-0.39, 0.29) is 12.1 Å². The van der Waals surface area contributed by atoms with Crippen LogP contribution in [0.4, 0.5) is 5.69 Å². The summed E-state index contributed by atoms with van der Waals surface area (Å²) in [6, 6.07) is 9.74. The molecule has 1 fully saturated rings. The number of aromatic nitrogens is 2. The van der Waals surface area contributed by atoms with E-state index in [1.165, 1.54) is 6.33 Å². The fourth-order valence-corrected chi connectivity index (χ4v) is 3.73. The number of rotatable bonds is 4. The smallest absolute Gasteiger partial charge is 0.165 e. The van der Waals surface area contributed by atoms with Crippen LogP contribution in [-0.2, 0) is 4.74 Å². The van der Waals surface area contributed by atoms with Crippen molar-refractivity contribution in [2.45, 2.75) is 44.6 Å². The SMILES string of the molecule is CC(C)[C@H]1N=c2c(ncn2[C@@H]2O[C@H](CO)[C@@H](O)[C@H]2O)=C(N)N1c1ccccc1. The largest absolute Gasteiger partial charge is 0.394 e. The molecule has 28 heavy (non-hydrogen) atoms. The van der Waals surface area contributed by atoms with Gasteiger partial charge >= 0.3 is 0 Å². The third-order valence-electron chi connectivity index (χ3n) is 5.21. The number of para-hydroxylation sites is 1. The number of imidazole rings is 1. The molecular weight excluding hydrogens is 362 g/mol. The number of anilines is 1. The Bertz CT molecular complexity index is 960. The molecule has 2 aromatic rings. The number of aliphatic hydroxyl groups is 3. The Hall–Kier alpha value is -2.46. The summed E-state index contributed by atoms with van der Waals surface area (Å²) in [4.78, 5) is 11.2. The first-order valence-electron chi connectivity index (χ1n) is 9.31. The van der Waals surface area contributed by atoms with Gasteiger partial charge in [0.1, 0.15) is 35.6 Å². The maximum atomic E-state index is 10.4. The summed E-state index contributed by atoms with van der Waals surface area (Å²) in [5.74, 6) is 0.598. The maximum Gasteiger partial charge on any atom is 0.165 e. The molecule has 150 valence electrons. The van der Waals surface area contributed by atoms with Crippen LogP contribution in [-0.4, -0.2) is 56.0 Å². The van der Waals surface area contributed by atoms with Crippen LogP contribution < -0.4 is 21.5 Å². The standard InChI is InChI=1S/C19H25N5O4/c1-10(2)17-22-18-13(16(20)24(17)11-6-4-3-5-7-11)21-9-23(18)19-15(27)14(26)12(8-25)28-19/h3-7,9-10,12,14-15,17,19,25-27H,8,20H2,1-2H3/t12-,14-,15-,17+,19-/m1/s1. The topological polar surface area (TPSA) is 129 Å². The highest BCUT2D eigenvalue weighted by Crippen LogP contribution is 2.29. The number of fused-ring (bicyclic) bond motifs is 1. The molecule has 5 atom stereocenters. The molecule has 0 aliphatic carbocycles. The van der Waals surface area contributed by atoms with E-state index >= 15 is 0 Å². The predicted molar refractivity (Wildman–Crippen MR) is 101 cm³/mol. The summed E-state index contributed by atoms with van der Waals surface area (Å²) >= 11 is 0. The van der Waals surface area contributed by atoms with Crippen LogP contribution in [0.25, 0.3) is 5.82 Å². The lowest BCUT2D eigenvalue weighted by molar-refractivity contribution is -0.0546. The molecule has 0 unspecified atom stereocenters. The highest BCUT2D eigenvalue weighted by molar-refractivity contribution is 5.67. The van der Waals surface area contributed by atoms with Gasteiger partial charge in [-0.25, -0.2) is 9.98 Å². The van der Waals surface area contributed by atoms with Crippen LogP contribution in [0.15, 0.2) is 41.7 Å². The molecule has 9 heteroatoms. The van der Waals surface area contributed by atoms with Gasteiger partial charge in [-0.15, -0.1) is 0 Å². The van der Waals surface area contributed by atoms with Crippen molar-refractivity contribution in [1.82, 2.24) is 9.55 Å². The van der Waals surface area contributed by atoms with Gasteiger partial charge in [0.25, 0.3) is 0 Å². The van der Waals surface area contributed by atoms with Crippen molar-refractivity contribution in [2.75, 3.05) is 11.5 Å².